The van der Waals surface area contributed by atoms with Crippen LogP contribution in [0.1, 0.15) is 41.6 Å². The number of fused-ring (bicyclic) bond motifs is 1. The van der Waals surface area contributed by atoms with Gasteiger partial charge in [0.1, 0.15) is 5.56 Å². The molecule has 4 rings (SSSR count). The monoisotopic (exact) mass is 412 g/mol. The minimum Gasteiger partial charge on any atom is -0.349 e. The molecule has 0 radical (unpaired) electrons. The van der Waals surface area contributed by atoms with Crippen LogP contribution in [0.4, 0.5) is 5.69 Å². The van der Waals surface area contributed by atoms with Crippen LogP contribution in [0, 0.1) is 12.8 Å². The Bertz CT molecular complexity index is 1060. The standard InChI is InChI=1S/C20H21ClN6O2/c1-12-8-23-18-15(9-24-27(18)11-12)20(29)25-14-4-2-13(3-5-14)19(28)26-17-6-7-22-10-16(17)21/h6-11,13-14H,2-5H2,1H3,(H,25,29)(H,22,26,28). The molecular formula is C20H21ClN6O2. The van der Waals surface area contributed by atoms with Crippen molar-refractivity contribution >= 4 is 34.7 Å². The fourth-order valence-electron chi connectivity index (χ4n) is 3.60. The molecule has 0 atom stereocenters. The summed E-state index contributed by atoms with van der Waals surface area (Å²) >= 11 is 6.05. The predicted octanol–water partition coefficient (Wildman–Crippen LogP) is 3.01. The smallest absolute Gasteiger partial charge is 0.256 e. The van der Waals surface area contributed by atoms with Crippen LogP contribution in [-0.4, -0.2) is 37.4 Å². The first-order valence-electron chi connectivity index (χ1n) is 9.52. The van der Waals surface area contributed by atoms with Gasteiger partial charge >= 0.3 is 0 Å². The van der Waals surface area contributed by atoms with Crippen molar-refractivity contribution in [2.24, 2.45) is 5.92 Å². The SMILES string of the molecule is Cc1cnc2c(C(=O)NC3CCC(C(=O)Nc4ccncc4Cl)CC3)cnn2c1. The summed E-state index contributed by atoms with van der Waals surface area (Å²) in [5.74, 6) is -0.341. The molecule has 1 saturated carbocycles. The van der Waals surface area contributed by atoms with Crippen LogP contribution in [0.5, 0.6) is 0 Å². The zero-order valence-electron chi connectivity index (χ0n) is 15.9. The lowest BCUT2D eigenvalue weighted by Gasteiger charge is -2.28. The number of pyridine rings is 1. The van der Waals surface area contributed by atoms with Crippen molar-refractivity contribution in [3.8, 4) is 0 Å². The van der Waals surface area contributed by atoms with Crippen molar-refractivity contribution in [2.75, 3.05) is 5.32 Å². The summed E-state index contributed by atoms with van der Waals surface area (Å²) in [4.78, 5) is 33.4. The molecule has 150 valence electrons. The van der Waals surface area contributed by atoms with Gasteiger partial charge in [-0.1, -0.05) is 11.6 Å². The normalized spacial score (nSPS) is 19.1. The number of nitrogens with one attached hydrogen (secondary N) is 2. The Morgan fingerprint density at radius 3 is 2.72 bits per heavy atom. The largest absolute Gasteiger partial charge is 0.349 e. The summed E-state index contributed by atoms with van der Waals surface area (Å²) < 4.78 is 1.61. The van der Waals surface area contributed by atoms with E-state index in [0.29, 0.717) is 34.8 Å². The van der Waals surface area contributed by atoms with Crippen LogP contribution in [-0.2, 0) is 4.79 Å². The maximum Gasteiger partial charge on any atom is 0.256 e. The van der Waals surface area contributed by atoms with E-state index in [-0.39, 0.29) is 23.8 Å². The minimum atomic E-state index is -0.187. The van der Waals surface area contributed by atoms with E-state index in [9.17, 15) is 9.59 Å². The van der Waals surface area contributed by atoms with Crippen molar-refractivity contribution in [2.45, 2.75) is 38.6 Å². The average Bonchev–Trinajstić information content (AvgIpc) is 3.13. The van der Waals surface area contributed by atoms with Crippen molar-refractivity contribution in [1.29, 1.82) is 0 Å². The van der Waals surface area contributed by atoms with Crippen LogP contribution < -0.4 is 10.6 Å². The van der Waals surface area contributed by atoms with Crippen molar-refractivity contribution < 1.29 is 9.59 Å². The quantitative estimate of drug-likeness (QED) is 0.685. The molecule has 2 amide bonds. The van der Waals surface area contributed by atoms with Gasteiger partial charge in [-0.25, -0.2) is 9.50 Å². The van der Waals surface area contributed by atoms with E-state index in [4.69, 9.17) is 11.6 Å². The van der Waals surface area contributed by atoms with Gasteiger partial charge in [0.2, 0.25) is 5.91 Å². The Morgan fingerprint density at radius 1 is 1.17 bits per heavy atom. The number of carbonyl (C=O) groups excluding carboxylic acids is 2. The van der Waals surface area contributed by atoms with Gasteiger partial charge in [-0.2, -0.15) is 5.10 Å². The lowest BCUT2D eigenvalue weighted by molar-refractivity contribution is -0.120. The highest BCUT2D eigenvalue weighted by molar-refractivity contribution is 6.33. The molecule has 0 bridgehead atoms. The minimum absolute atomic E-state index is 0.0245. The Labute approximate surface area is 172 Å². The molecule has 1 fully saturated rings. The van der Waals surface area contributed by atoms with Gasteiger partial charge < -0.3 is 10.6 Å². The Balaban J connectivity index is 1.33. The van der Waals surface area contributed by atoms with Crippen LogP contribution >= 0.6 is 11.6 Å². The second kappa shape index (κ2) is 8.16. The predicted molar refractivity (Wildman–Crippen MR) is 109 cm³/mol. The van der Waals surface area contributed by atoms with Gasteiger partial charge in [0, 0.05) is 36.7 Å². The number of nitrogens with zero attached hydrogens (tertiary/aromatic N) is 4. The molecule has 8 nitrogen and oxygen atoms in total. The Morgan fingerprint density at radius 2 is 1.97 bits per heavy atom. The molecule has 0 aliphatic heterocycles. The molecule has 29 heavy (non-hydrogen) atoms. The number of amides is 2. The third-order valence-electron chi connectivity index (χ3n) is 5.19. The van der Waals surface area contributed by atoms with Gasteiger partial charge in [0.05, 0.1) is 16.9 Å². The molecule has 3 aromatic rings. The third-order valence-corrected chi connectivity index (χ3v) is 5.49. The van der Waals surface area contributed by atoms with E-state index in [1.54, 1.807) is 23.0 Å². The lowest BCUT2D eigenvalue weighted by atomic mass is 9.85. The first kappa shape index (κ1) is 19.3. The summed E-state index contributed by atoms with van der Waals surface area (Å²) in [7, 11) is 0. The summed E-state index contributed by atoms with van der Waals surface area (Å²) in [6, 6.07) is 1.70. The van der Waals surface area contributed by atoms with Crippen LogP contribution in [0.3, 0.4) is 0 Å². The van der Waals surface area contributed by atoms with Crippen LogP contribution in [0.25, 0.3) is 5.65 Å². The number of aromatic nitrogens is 4. The highest BCUT2D eigenvalue weighted by Gasteiger charge is 2.28. The number of halogens is 1. The second-order valence-corrected chi connectivity index (χ2v) is 7.73. The number of hydrogen-bond donors (Lipinski definition) is 2. The van der Waals surface area contributed by atoms with Crippen LogP contribution in [0.15, 0.2) is 37.1 Å². The molecule has 3 aromatic heterocycles. The molecule has 9 heteroatoms. The summed E-state index contributed by atoms with van der Waals surface area (Å²) in [5, 5.41) is 10.5. The molecule has 0 saturated heterocycles. The zero-order valence-corrected chi connectivity index (χ0v) is 16.7. The number of carbonyl (C=O) groups is 2. The average molecular weight is 413 g/mol. The van der Waals surface area contributed by atoms with Crippen molar-refractivity contribution in [3.05, 3.63) is 53.2 Å². The fourth-order valence-corrected chi connectivity index (χ4v) is 3.77. The maximum absolute atomic E-state index is 12.7. The van der Waals surface area contributed by atoms with Gasteiger partial charge in [-0.15, -0.1) is 0 Å². The highest BCUT2D eigenvalue weighted by atomic mass is 35.5. The molecular weight excluding hydrogens is 392 g/mol. The first-order chi connectivity index (χ1) is 14.0. The highest BCUT2D eigenvalue weighted by Crippen LogP contribution is 2.27. The third kappa shape index (κ3) is 4.22. The Kier molecular flexibility index (Phi) is 5.44. The summed E-state index contributed by atoms with van der Waals surface area (Å²) in [6.07, 6.45) is 11.0. The van der Waals surface area contributed by atoms with Gasteiger partial charge in [0.25, 0.3) is 5.91 Å². The molecule has 0 unspecified atom stereocenters. The van der Waals surface area contributed by atoms with E-state index in [0.717, 1.165) is 18.4 Å². The topological polar surface area (TPSA) is 101 Å². The molecule has 0 spiro atoms. The summed E-state index contributed by atoms with van der Waals surface area (Å²) in [5.41, 5.74) is 2.53. The van der Waals surface area contributed by atoms with Crippen LogP contribution in [0.2, 0.25) is 5.02 Å². The zero-order chi connectivity index (χ0) is 20.4. The van der Waals surface area contributed by atoms with Gasteiger partial charge in [-0.05, 0) is 44.2 Å². The molecule has 3 heterocycles. The van der Waals surface area contributed by atoms with E-state index < -0.39 is 0 Å². The van der Waals surface area contributed by atoms with E-state index >= 15 is 0 Å². The Hall–Kier alpha value is -3.00. The molecule has 2 N–H and O–H groups in total. The number of anilines is 1. The molecule has 1 aliphatic rings. The first-order valence-corrected chi connectivity index (χ1v) is 9.90. The fraction of sp³-hybridized carbons (Fsp3) is 0.350. The van der Waals surface area contributed by atoms with Crippen molar-refractivity contribution in [3.63, 3.8) is 0 Å². The number of hydrogen-bond acceptors (Lipinski definition) is 5. The van der Waals surface area contributed by atoms with Gasteiger partial charge in [0.15, 0.2) is 5.65 Å². The van der Waals surface area contributed by atoms with E-state index in [2.05, 4.69) is 25.7 Å². The number of rotatable bonds is 4. The number of aryl methyl sites for hydroxylation is 1. The second-order valence-electron chi connectivity index (χ2n) is 7.32. The molecule has 1 aliphatic carbocycles. The lowest BCUT2D eigenvalue weighted by Crippen LogP contribution is -2.39. The van der Waals surface area contributed by atoms with E-state index in [1.807, 2.05) is 13.1 Å². The van der Waals surface area contributed by atoms with Gasteiger partial charge in [-0.3, -0.25) is 14.6 Å². The van der Waals surface area contributed by atoms with E-state index in [1.165, 1.54) is 12.4 Å². The molecule has 0 aromatic carbocycles. The summed E-state index contributed by atoms with van der Waals surface area (Å²) in [6.45, 7) is 1.92. The van der Waals surface area contributed by atoms with Crippen molar-refractivity contribution in [1.82, 2.24) is 24.9 Å². The maximum atomic E-state index is 12.7.